The molecule has 0 aliphatic rings. The van der Waals surface area contributed by atoms with Crippen molar-refractivity contribution in [2.24, 2.45) is 0 Å². The Bertz CT molecular complexity index is 569. The summed E-state index contributed by atoms with van der Waals surface area (Å²) in [7, 11) is 0. The van der Waals surface area contributed by atoms with Crippen molar-refractivity contribution in [3.05, 3.63) is 29.8 Å². The van der Waals surface area contributed by atoms with E-state index in [4.69, 9.17) is 4.74 Å². The Balaban J connectivity index is 3.39. The third-order valence-corrected chi connectivity index (χ3v) is 3.20. The monoisotopic (exact) mass is 317 g/mol. The van der Waals surface area contributed by atoms with Crippen LogP contribution in [0, 0.1) is 0 Å². The van der Waals surface area contributed by atoms with Crippen LogP contribution in [0.4, 0.5) is 18.9 Å². The SMILES string of the molecule is CC(=O)[C@](C)(C(=O)OC(C)C)c1ccccc1NC(F)(F)F. The molecule has 1 aromatic rings. The second kappa shape index (κ2) is 6.37. The number of rotatable bonds is 5. The summed E-state index contributed by atoms with van der Waals surface area (Å²) in [6.07, 6.45) is -5.18. The molecule has 0 amide bonds. The standard InChI is InChI=1S/C15H18F3NO3/c1-9(2)22-13(21)14(4,10(3)20)11-7-5-6-8-12(11)19-15(16,17)18/h5-9,19H,1-4H3/t14-/m0/s1. The fourth-order valence-electron chi connectivity index (χ4n) is 1.96. The van der Waals surface area contributed by atoms with Gasteiger partial charge in [-0.3, -0.25) is 14.9 Å². The van der Waals surface area contributed by atoms with Crippen LogP contribution in [-0.2, 0) is 19.7 Å². The van der Waals surface area contributed by atoms with Gasteiger partial charge in [0.05, 0.1) is 6.10 Å². The summed E-state index contributed by atoms with van der Waals surface area (Å²) in [6.45, 7) is 5.60. The molecule has 4 nitrogen and oxygen atoms in total. The first-order chi connectivity index (χ1) is 9.98. The van der Waals surface area contributed by atoms with Gasteiger partial charge in [0.1, 0.15) is 5.41 Å². The number of Topliss-reactive ketones (excluding diaryl/α,β-unsaturated/α-hetero) is 1. The lowest BCUT2D eigenvalue weighted by molar-refractivity contribution is -0.156. The summed E-state index contributed by atoms with van der Waals surface area (Å²) < 4.78 is 42.9. The third-order valence-electron chi connectivity index (χ3n) is 3.20. The predicted octanol–water partition coefficient (Wildman–Crippen LogP) is 3.42. The van der Waals surface area contributed by atoms with Gasteiger partial charge in [0.25, 0.3) is 0 Å². The molecule has 0 aliphatic heterocycles. The molecule has 0 radical (unpaired) electrons. The Hall–Kier alpha value is -2.05. The molecule has 122 valence electrons. The summed E-state index contributed by atoms with van der Waals surface area (Å²) in [5, 5.41) is 1.36. The van der Waals surface area contributed by atoms with E-state index < -0.39 is 29.6 Å². The predicted molar refractivity (Wildman–Crippen MR) is 75.4 cm³/mol. The maximum absolute atomic E-state index is 12.6. The molecule has 1 N–H and O–H groups in total. The van der Waals surface area contributed by atoms with E-state index in [2.05, 4.69) is 0 Å². The minimum atomic E-state index is -4.68. The molecule has 0 aromatic heterocycles. The van der Waals surface area contributed by atoms with E-state index in [1.807, 2.05) is 0 Å². The number of carbonyl (C=O) groups is 2. The van der Waals surface area contributed by atoms with Crippen LogP contribution in [0.15, 0.2) is 24.3 Å². The lowest BCUT2D eigenvalue weighted by atomic mass is 9.78. The molecule has 7 heteroatoms. The van der Waals surface area contributed by atoms with E-state index in [9.17, 15) is 22.8 Å². The van der Waals surface area contributed by atoms with E-state index in [0.717, 1.165) is 13.0 Å². The molecular weight excluding hydrogens is 299 g/mol. The summed E-state index contributed by atoms with van der Waals surface area (Å²) in [6, 6.07) is 5.30. The maximum Gasteiger partial charge on any atom is 0.482 e. The first-order valence-electron chi connectivity index (χ1n) is 6.65. The number of halogens is 3. The molecule has 0 spiro atoms. The molecule has 0 aliphatic carbocycles. The molecule has 0 bridgehead atoms. The lowest BCUT2D eigenvalue weighted by Crippen LogP contribution is -2.43. The summed E-state index contributed by atoms with van der Waals surface area (Å²) in [5.74, 6) is -1.49. The number of hydrogen-bond donors (Lipinski definition) is 1. The zero-order chi connectivity index (χ0) is 17.1. The van der Waals surface area contributed by atoms with Crippen molar-refractivity contribution in [3.8, 4) is 0 Å². The summed E-state index contributed by atoms with van der Waals surface area (Å²) in [4.78, 5) is 24.3. The Morgan fingerprint density at radius 2 is 1.73 bits per heavy atom. The zero-order valence-electron chi connectivity index (χ0n) is 12.7. The quantitative estimate of drug-likeness (QED) is 0.514. The van der Waals surface area contributed by atoms with Crippen LogP contribution in [0.3, 0.4) is 0 Å². The molecule has 0 fully saturated rings. The summed E-state index contributed by atoms with van der Waals surface area (Å²) in [5.41, 5.74) is -2.25. The van der Waals surface area contributed by atoms with E-state index in [1.165, 1.54) is 30.4 Å². The van der Waals surface area contributed by atoms with Crippen LogP contribution in [0.25, 0.3) is 0 Å². The van der Waals surface area contributed by atoms with Crippen LogP contribution in [0.5, 0.6) is 0 Å². The van der Waals surface area contributed by atoms with Gasteiger partial charge in [-0.2, -0.15) is 13.2 Å². The third kappa shape index (κ3) is 3.99. The lowest BCUT2D eigenvalue weighted by Gasteiger charge is -2.28. The zero-order valence-corrected chi connectivity index (χ0v) is 12.7. The number of nitrogens with one attached hydrogen (secondary N) is 1. The van der Waals surface area contributed by atoms with Gasteiger partial charge in [-0.05, 0) is 39.3 Å². The molecule has 1 atom stereocenters. The number of carbonyl (C=O) groups excluding carboxylic acids is 2. The molecular formula is C15H18F3NO3. The van der Waals surface area contributed by atoms with Gasteiger partial charge in [0, 0.05) is 5.69 Å². The Kier molecular flexibility index (Phi) is 5.22. The number of ether oxygens (including phenoxy) is 1. The highest BCUT2D eigenvalue weighted by molar-refractivity contribution is 6.09. The minimum Gasteiger partial charge on any atom is -0.462 e. The van der Waals surface area contributed by atoms with Crippen LogP contribution in [0.2, 0.25) is 0 Å². The summed E-state index contributed by atoms with van der Waals surface area (Å²) >= 11 is 0. The normalized spacial score (nSPS) is 14.4. The molecule has 0 unspecified atom stereocenters. The highest BCUT2D eigenvalue weighted by Crippen LogP contribution is 2.35. The first kappa shape index (κ1) is 18.0. The second-order valence-electron chi connectivity index (χ2n) is 5.30. The van der Waals surface area contributed by atoms with Crippen molar-refractivity contribution in [2.75, 3.05) is 5.32 Å². The van der Waals surface area contributed by atoms with Crippen molar-refractivity contribution >= 4 is 17.4 Å². The van der Waals surface area contributed by atoms with Gasteiger partial charge in [-0.1, -0.05) is 18.2 Å². The highest BCUT2D eigenvalue weighted by Gasteiger charge is 2.44. The van der Waals surface area contributed by atoms with Crippen LogP contribution >= 0.6 is 0 Å². The fourth-order valence-corrected chi connectivity index (χ4v) is 1.96. The fraction of sp³-hybridized carbons (Fsp3) is 0.467. The van der Waals surface area contributed by atoms with Crippen molar-refractivity contribution < 1.29 is 27.5 Å². The first-order valence-corrected chi connectivity index (χ1v) is 6.65. The number of esters is 1. The van der Waals surface area contributed by atoms with Gasteiger partial charge in [0.2, 0.25) is 0 Å². The number of anilines is 1. The van der Waals surface area contributed by atoms with E-state index in [-0.39, 0.29) is 11.3 Å². The van der Waals surface area contributed by atoms with Crippen molar-refractivity contribution in [1.82, 2.24) is 0 Å². The minimum absolute atomic E-state index is 0.0783. The van der Waals surface area contributed by atoms with Gasteiger partial charge >= 0.3 is 12.3 Å². The Labute approximate surface area is 126 Å². The Morgan fingerprint density at radius 1 is 1.18 bits per heavy atom. The van der Waals surface area contributed by atoms with Crippen LogP contribution in [-0.4, -0.2) is 24.2 Å². The maximum atomic E-state index is 12.6. The average Bonchev–Trinajstić information content (AvgIpc) is 2.35. The van der Waals surface area contributed by atoms with Gasteiger partial charge in [-0.25, -0.2) is 0 Å². The van der Waals surface area contributed by atoms with Crippen LogP contribution < -0.4 is 5.32 Å². The van der Waals surface area contributed by atoms with Crippen molar-refractivity contribution in [1.29, 1.82) is 0 Å². The number of para-hydroxylation sites is 1. The van der Waals surface area contributed by atoms with E-state index in [1.54, 1.807) is 13.8 Å². The molecule has 22 heavy (non-hydrogen) atoms. The van der Waals surface area contributed by atoms with Crippen molar-refractivity contribution in [3.63, 3.8) is 0 Å². The molecule has 1 aromatic carbocycles. The number of ketones is 1. The second-order valence-corrected chi connectivity index (χ2v) is 5.30. The van der Waals surface area contributed by atoms with Gasteiger partial charge in [0.15, 0.2) is 5.78 Å². The molecule has 1 rings (SSSR count). The average molecular weight is 317 g/mol. The molecule has 0 saturated carbocycles. The van der Waals surface area contributed by atoms with E-state index >= 15 is 0 Å². The van der Waals surface area contributed by atoms with Gasteiger partial charge in [-0.15, -0.1) is 0 Å². The highest BCUT2D eigenvalue weighted by atomic mass is 19.4. The van der Waals surface area contributed by atoms with Crippen LogP contribution in [0.1, 0.15) is 33.3 Å². The largest absolute Gasteiger partial charge is 0.482 e. The molecule has 0 saturated heterocycles. The van der Waals surface area contributed by atoms with Gasteiger partial charge < -0.3 is 4.74 Å². The topological polar surface area (TPSA) is 55.4 Å². The number of alkyl halides is 3. The smallest absolute Gasteiger partial charge is 0.462 e. The van der Waals surface area contributed by atoms with E-state index in [0.29, 0.717) is 0 Å². The molecule has 0 heterocycles. The van der Waals surface area contributed by atoms with Crippen molar-refractivity contribution in [2.45, 2.75) is 45.5 Å². The number of benzene rings is 1. The number of hydrogen-bond acceptors (Lipinski definition) is 4. The Morgan fingerprint density at radius 3 is 2.18 bits per heavy atom.